The molecule has 4 heteroatoms. The van der Waals surface area contributed by atoms with Crippen molar-refractivity contribution in [3.63, 3.8) is 0 Å². The molecule has 2 rings (SSSR count). The van der Waals surface area contributed by atoms with Crippen molar-refractivity contribution < 1.29 is 4.79 Å². The molecule has 0 unspecified atom stereocenters. The zero-order valence-corrected chi connectivity index (χ0v) is 9.24. The number of nitrogens with one attached hydrogen (secondary N) is 1. The van der Waals surface area contributed by atoms with Crippen molar-refractivity contribution in [2.75, 3.05) is 13.1 Å². The summed E-state index contributed by atoms with van der Waals surface area (Å²) in [5.41, 5.74) is 5.68. The van der Waals surface area contributed by atoms with Crippen LogP contribution >= 0.6 is 0 Å². The third kappa shape index (κ3) is 2.84. The molecule has 1 saturated heterocycles. The van der Waals surface area contributed by atoms with Crippen LogP contribution in [-0.2, 0) is 0 Å². The fourth-order valence-corrected chi connectivity index (χ4v) is 2.32. The minimum atomic E-state index is 0.119. The van der Waals surface area contributed by atoms with Crippen LogP contribution in [0.25, 0.3) is 0 Å². The van der Waals surface area contributed by atoms with Crippen molar-refractivity contribution in [2.45, 2.75) is 50.6 Å². The molecule has 1 heterocycles. The molecular weight excluding hydrogens is 190 g/mol. The van der Waals surface area contributed by atoms with E-state index in [0.717, 1.165) is 38.8 Å². The number of urea groups is 1. The normalized spacial score (nSPS) is 31.7. The number of carbonyl (C=O) groups excluding carboxylic acids is 1. The van der Waals surface area contributed by atoms with Crippen molar-refractivity contribution in [1.82, 2.24) is 10.2 Å². The van der Waals surface area contributed by atoms with Gasteiger partial charge in [0.25, 0.3) is 0 Å². The Kier molecular flexibility index (Phi) is 3.46. The molecule has 15 heavy (non-hydrogen) atoms. The van der Waals surface area contributed by atoms with E-state index >= 15 is 0 Å². The monoisotopic (exact) mass is 211 g/mol. The maximum Gasteiger partial charge on any atom is 0.317 e. The number of carbonyl (C=O) groups is 1. The zero-order chi connectivity index (χ0) is 10.7. The lowest BCUT2D eigenvalue weighted by molar-refractivity contribution is 0.184. The van der Waals surface area contributed by atoms with E-state index in [-0.39, 0.29) is 6.03 Å². The molecular formula is C11H21N3O. The molecule has 2 amide bonds. The van der Waals surface area contributed by atoms with E-state index in [9.17, 15) is 4.79 Å². The van der Waals surface area contributed by atoms with E-state index < -0.39 is 0 Å². The molecule has 86 valence electrons. The van der Waals surface area contributed by atoms with Gasteiger partial charge in [0.1, 0.15) is 0 Å². The first-order chi connectivity index (χ1) is 7.25. The van der Waals surface area contributed by atoms with Crippen molar-refractivity contribution in [2.24, 2.45) is 5.73 Å². The standard InChI is InChI=1S/C11H21N3O/c12-9-7-10(8-9)13-11(15)14-5-3-1-2-4-6-14/h9-10H,1-8,12H2,(H,13,15). The SMILES string of the molecule is NC1CC(NC(=O)N2CCCCCC2)C1. The molecule has 0 spiro atoms. The van der Waals surface area contributed by atoms with E-state index in [1.807, 2.05) is 4.90 Å². The molecule has 0 aromatic rings. The highest BCUT2D eigenvalue weighted by atomic mass is 16.2. The Balaban J connectivity index is 1.74. The molecule has 0 bridgehead atoms. The molecule has 1 aliphatic carbocycles. The Morgan fingerprint density at radius 1 is 1.13 bits per heavy atom. The second-order valence-electron chi connectivity index (χ2n) is 4.78. The van der Waals surface area contributed by atoms with Gasteiger partial charge in [0, 0.05) is 25.2 Å². The minimum Gasteiger partial charge on any atom is -0.335 e. The van der Waals surface area contributed by atoms with Gasteiger partial charge >= 0.3 is 6.03 Å². The molecule has 4 nitrogen and oxygen atoms in total. The lowest BCUT2D eigenvalue weighted by Crippen LogP contribution is -2.53. The zero-order valence-electron chi connectivity index (χ0n) is 9.24. The van der Waals surface area contributed by atoms with Crippen LogP contribution in [0.3, 0.4) is 0 Å². The van der Waals surface area contributed by atoms with Crippen LogP contribution in [-0.4, -0.2) is 36.1 Å². The van der Waals surface area contributed by atoms with Crippen LogP contribution in [0.15, 0.2) is 0 Å². The maximum absolute atomic E-state index is 11.8. The van der Waals surface area contributed by atoms with Gasteiger partial charge in [0.05, 0.1) is 0 Å². The highest BCUT2D eigenvalue weighted by Crippen LogP contribution is 2.18. The van der Waals surface area contributed by atoms with Crippen molar-refractivity contribution in [3.8, 4) is 0 Å². The second kappa shape index (κ2) is 4.84. The van der Waals surface area contributed by atoms with Crippen LogP contribution in [0, 0.1) is 0 Å². The van der Waals surface area contributed by atoms with Gasteiger partial charge < -0.3 is 16.0 Å². The number of hydrogen-bond donors (Lipinski definition) is 2. The summed E-state index contributed by atoms with van der Waals surface area (Å²) in [4.78, 5) is 13.8. The molecule has 2 fully saturated rings. The summed E-state index contributed by atoms with van der Waals surface area (Å²) in [5.74, 6) is 0. The van der Waals surface area contributed by atoms with Gasteiger partial charge in [-0.3, -0.25) is 0 Å². The summed E-state index contributed by atoms with van der Waals surface area (Å²) in [6.07, 6.45) is 6.71. The Morgan fingerprint density at radius 2 is 1.73 bits per heavy atom. The minimum absolute atomic E-state index is 0.119. The maximum atomic E-state index is 11.8. The predicted octanol–water partition coefficient (Wildman–Crippen LogP) is 1.06. The lowest BCUT2D eigenvalue weighted by Gasteiger charge is -2.34. The molecule has 3 N–H and O–H groups in total. The van der Waals surface area contributed by atoms with Gasteiger partial charge in [-0.2, -0.15) is 0 Å². The summed E-state index contributed by atoms with van der Waals surface area (Å²) in [7, 11) is 0. The third-order valence-electron chi connectivity index (χ3n) is 3.40. The second-order valence-corrected chi connectivity index (χ2v) is 4.78. The fraction of sp³-hybridized carbons (Fsp3) is 0.909. The molecule has 1 saturated carbocycles. The lowest BCUT2D eigenvalue weighted by atomic mass is 9.88. The molecule has 0 atom stereocenters. The summed E-state index contributed by atoms with van der Waals surface area (Å²) in [6.45, 7) is 1.84. The van der Waals surface area contributed by atoms with Gasteiger partial charge in [-0.25, -0.2) is 4.79 Å². The largest absolute Gasteiger partial charge is 0.335 e. The molecule has 2 aliphatic rings. The quantitative estimate of drug-likeness (QED) is 0.681. The topological polar surface area (TPSA) is 58.4 Å². The summed E-state index contributed by atoms with van der Waals surface area (Å²) in [5, 5.41) is 3.05. The average Bonchev–Trinajstić information content (AvgIpc) is 2.43. The van der Waals surface area contributed by atoms with E-state index in [0.29, 0.717) is 12.1 Å². The number of amides is 2. The van der Waals surface area contributed by atoms with Gasteiger partial charge in [-0.05, 0) is 25.7 Å². The number of nitrogens with zero attached hydrogens (tertiary/aromatic N) is 1. The van der Waals surface area contributed by atoms with Crippen molar-refractivity contribution in [3.05, 3.63) is 0 Å². The van der Waals surface area contributed by atoms with Gasteiger partial charge in [0.15, 0.2) is 0 Å². The van der Waals surface area contributed by atoms with E-state index in [4.69, 9.17) is 5.73 Å². The fourth-order valence-electron chi connectivity index (χ4n) is 2.32. The highest BCUT2D eigenvalue weighted by Gasteiger charge is 2.28. The summed E-state index contributed by atoms with van der Waals surface area (Å²) in [6, 6.07) is 0.754. The van der Waals surface area contributed by atoms with Gasteiger partial charge in [-0.1, -0.05) is 12.8 Å². The molecule has 0 radical (unpaired) electrons. The first kappa shape index (κ1) is 10.7. The Labute approximate surface area is 91.2 Å². The average molecular weight is 211 g/mol. The molecule has 0 aromatic carbocycles. The summed E-state index contributed by atoms with van der Waals surface area (Å²) >= 11 is 0. The van der Waals surface area contributed by atoms with Crippen molar-refractivity contribution in [1.29, 1.82) is 0 Å². The van der Waals surface area contributed by atoms with E-state index in [2.05, 4.69) is 5.32 Å². The smallest absolute Gasteiger partial charge is 0.317 e. The Bertz CT molecular complexity index is 218. The number of hydrogen-bond acceptors (Lipinski definition) is 2. The number of rotatable bonds is 1. The van der Waals surface area contributed by atoms with Crippen LogP contribution in [0.2, 0.25) is 0 Å². The van der Waals surface area contributed by atoms with Crippen LogP contribution in [0.4, 0.5) is 4.79 Å². The first-order valence-corrected chi connectivity index (χ1v) is 6.07. The van der Waals surface area contributed by atoms with Crippen molar-refractivity contribution >= 4 is 6.03 Å². The Hall–Kier alpha value is -0.770. The molecule has 0 aromatic heterocycles. The number of likely N-dealkylation sites (tertiary alicyclic amines) is 1. The first-order valence-electron chi connectivity index (χ1n) is 6.07. The van der Waals surface area contributed by atoms with Crippen LogP contribution in [0.5, 0.6) is 0 Å². The molecule has 1 aliphatic heterocycles. The van der Waals surface area contributed by atoms with Gasteiger partial charge in [-0.15, -0.1) is 0 Å². The van der Waals surface area contributed by atoms with E-state index in [1.165, 1.54) is 12.8 Å². The van der Waals surface area contributed by atoms with E-state index in [1.54, 1.807) is 0 Å². The Morgan fingerprint density at radius 3 is 2.27 bits per heavy atom. The number of nitrogens with two attached hydrogens (primary N) is 1. The predicted molar refractivity (Wildman–Crippen MR) is 59.6 cm³/mol. The van der Waals surface area contributed by atoms with Crippen LogP contribution in [0.1, 0.15) is 38.5 Å². The van der Waals surface area contributed by atoms with Gasteiger partial charge in [0.2, 0.25) is 0 Å². The highest BCUT2D eigenvalue weighted by molar-refractivity contribution is 5.74. The van der Waals surface area contributed by atoms with Crippen LogP contribution < -0.4 is 11.1 Å². The summed E-state index contributed by atoms with van der Waals surface area (Å²) < 4.78 is 0. The third-order valence-corrected chi connectivity index (χ3v) is 3.40.